The number of hydrogen-bond acceptors (Lipinski definition) is 4. The van der Waals surface area contributed by atoms with Gasteiger partial charge in [0.25, 0.3) is 5.56 Å². The van der Waals surface area contributed by atoms with Gasteiger partial charge >= 0.3 is 0 Å². The van der Waals surface area contributed by atoms with Gasteiger partial charge in [0.05, 0.1) is 5.69 Å². The second-order valence-electron chi connectivity index (χ2n) is 4.78. The highest BCUT2D eigenvalue weighted by molar-refractivity contribution is 5.94. The van der Waals surface area contributed by atoms with Gasteiger partial charge in [0, 0.05) is 37.2 Å². The zero-order valence-corrected chi connectivity index (χ0v) is 12.1. The first-order chi connectivity index (χ1) is 10.5. The molecule has 0 saturated heterocycles. The molecule has 0 bridgehead atoms. The van der Waals surface area contributed by atoms with Crippen molar-refractivity contribution in [2.24, 2.45) is 12.8 Å². The summed E-state index contributed by atoms with van der Waals surface area (Å²) in [7, 11) is 1.56. The minimum atomic E-state index is -0.515. The third-order valence-corrected chi connectivity index (χ3v) is 3.08. The van der Waals surface area contributed by atoms with Crippen LogP contribution in [0, 0.1) is 0 Å². The predicted molar refractivity (Wildman–Crippen MR) is 81.4 cm³/mol. The molecule has 0 saturated carbocycles. The van der Waals surface area contributed by atoms with E-state index < -0.39 is 5.91 Å². The number of benzene rings is 1. The molecule has 0 aliphatic heterocycles. The Morgan fingerprint density at radius 3 is 2.45 bits per heavy atom. The molecule has 0 atom stereocenters. The van der Waals surface area contributed by atoms with Crippen molar-refractivity contribution in [3.8, 4) is 0 Å². The van der Waals surface area contributed by atoms with Crippen LogP contribution in [0.15, 0.2) is 41.2 Å². The van der Waals surface area contributed by atoms with Crippen LogP contribution in [0.4, 0.5) is 5.69 Å². The molecule has 0 spiro atoms. The van der Waals surface area contributed by atoms with Crippen LogP contribution in [-0.2, 0) is 18.3 Å². The fourth-order valence-electron chi connectivity index (χ4n) is 1.87. The average molecular weight is 300 g/mol. The molecule has 2 aromatic rings. The highest BCUT2D eigenvalue weighted by Gasteiger charge is 2.06. The molecule has 0 radical (unpaired) electrons. The van der Waals surface area contributed by atoms with Crippen molar-refractivity contribution in [1.82, 2.24) is 9.78 Å². The van der Waals surface area contributed by atoms with Crippen molar-refractivity contribution in [2.75, 3.05) is 5.32 Å². The van der Waals surface area contributed by atoms with Crippen molar-refractivity contribution in [1.29, 1.82) is 0 Å². The lowest BCUT2D eigenvalue weighted by atomic mass is 10.2. The summed E-state index contributed by atoms with van der Waals surface area (Å²) in [6.45, 7) is 0. The topological polar surface area (TPSA) is 107 Å². The van der Waals surface area contributed by atoms with Gasteiger partial charge in [0.15, 0.2) is 0 Å². The molecule has 7 heteroatoms. The van der Waals surface area contributed by atoms with Crippen LogP contribution in [0.2, 0.25) is 0 Å². The van der Waals surface area contributed by atoms with Crippen LogP contribution in [0.25, 0.3) is 0 Å². The predicted octanol–water partition coefficient (Wildman–Crippen LogP) is 0.450. The fourth-order valence-corrected chi connectivity index (χ4v) is 1.87. The van der Waals surface area contributed by atoms with Crippen molar-refractivity contribution >= 4 is 17.5 Å². The van der Waals surface area contributed by atoms with Crippen molar-refractivity contribution in [3.05, 3.63) is 58.0 Å². The van der Waals surface area contributed by atoms with E-state index in [2.05, 4.69) is 10.4 Å². The Labute approximate surface area is 126 Å². The quantitative estimate of drug-likeness (QED) is 0.836. The van der Waals surface area contributed by atoms with Gasteiger partial charge in [-0.1, -0.05) is 0 Å². The second-order valence-corrected chi connectivity index (χ2v) is 4.78. The Hall–Kier alpha value is -2.96. The molecule has 1 aromatic heterocycles. The maximum Gasteiger partial charge on any atom is 0.266 e. The highest BCUT2D eigenvalue weighted by Crippen LogP contribution is 2.10. The van der Waals surface area contributed by atoms with E-state index in [0.29, 0.717) is 23.4 Å². The Morgan fingerprint density at radius 1 is 1.18 bits per heavy atom. The molecule has 0 fully saturated rings. The van der Waals surface area contributed by atoms with Gasteiger partial charge in [-0.2, -0.15) is 5.10 Å². The molecule has 0 aliphatic carbocycles. The van der Waals surface area contributed by atoms with E-state index >= 15 is 0 Å². The minimum absolute atomic E-state index is 0.178. The molecule has 114 valence electrons. The number of anilines is 1. The minimum Gasteiger partial charge on any atom is -0.366 e. The van der Waals surface area contributed by atoms with Gasteiger partial charge in [0.1, 0.15) is 0 Å². The lowest BCUT2D eigenvalue weighted by Gasteiger charge is -2.06. The number of nitrogens with two attached hydrogens (primary N) is 1. The first kappa shape index (κ1) is 15.4. The summed E-state index contributed by atoms with van der Waals surface area (Å²) in [6.07, 6.45) is 0.669. The summed E-state index contributed by atoms with van der Waals surface area (Å²) in [5, 5.41) is 6.77. The van der Waals surface area contributed by atoms with Gasteiger partial charge in [0.2, 0.25) is 11.8 Å². The van der Waals surface area contributed by atoms with Crippen LogP contribution in [0.3, 0.4) is 0 Å². The third-order valence-electron chi connectivity index (χ3n) is 3.08. The van der Waals surface area contributed by atoms with Crippen LogP contribution >= 0.6 is 0 Å². The van der Waals surface area contributed by atoms with Crippen molar-refractivity contribution in [3.63, 3.8) is 0 Å². The molecule has 22 heavy (non-hydrogen) atoms. The standard InChI is InChI=1S/C15H16N4O3/c1-19-14(21)9-7-12(18-19)6-8-13(20)17-11-4-2-10(3-5-11)15(16)22/h2-5,7,9H,6,8H2,1H3,(H2,16,22)(H,17,20). The van der Waals surface area contributed by atoms with Gasteiger partial charge in [-0.15, -0.1) is 0 Å². The smallest absolute Gasteiger partial charge is 0.266 e. The number of aromatic nitrogens is 2. The number of nitrogens with zero attached hydrogens (tertiary/aromatic N) is 2. The van der Waals surface area contributed by atoms with Gasteiger partial charge in [-0.3, -0.25) is 14.4 Å². The van der Waals surface area contributed by atoms with Gasteiger partial charge in [-0.05, 0) is 30.3 Å². The molecular formula is C15H16N4O3. The molecule has 1 aromatic carbocycles. The number of primary amides is 1. The number of rotatable bonds is 5. The Morgan fingerprint density at radius 2 is 1.86 bits per heavy atom. The average Bonchev–Trinajstić information content (AvgIpc) is 2.49. The van der Waals surface area contributed by atoms with Crippen LogP contribution in [-0.4, -0.2) is 21.6 Å². The molecular weight excluding hydrogens is 284 g/mol. The van der Waals surface area contributed by atoms with Crippen LogP contribution < -0.4 is 16.6 Å². The zero-order valence-electron chi connectivity index (χ0n) is 12.1. The summed E-state index contributed by atoms with van der Waals surface area (Å²) in [5.74, 6) is -0.693. The molecule has 0 unspecified atom stereocenters. The van der Waals surface area contributed by atoms with E-state index in [1.807, 2.05) is 0 Å². The molecule has 1 heterocycles. The van der Waals surface area contributed by atoms with E-state index in [0.717, 1.165) is 0 Å². The summed E-state index contributed by atoms with van der Waals surface area (Å²) in [4.78, 5) is 34.0. The summed E-state index contributed by atoms with van der Waals surface area (Å²) in [6, 6.07) is 9.35. The zero-order chi connectivity index (χ0) is 16.1. The summed E-state index contributed by atoms with van der Waals surface area (Å²) in [5.41, 5.74) is 6.59. The van der Waals surface area contributed by atoms with E-state index in [4.69, 9.17) is 5.73 Å². The monoisotopic (exact) mass is 300 g/mol. The number of amides is 2. The molecule has 2 rings (SSSR count). The van der Waals surface area contributed by atoms with Gasteiger partial charge in [-0.25, -0.2) is 4.68 Å². The first-order valence-corrected chi connectivity index (χ1v) is 6.68. The first-order valence-electron chi connectivity index (χ1n) is 6.68. The molecule has 2 amide bonds. The molecule has 0 aliphatic rings. The van der Waals surface area contributed by atoms with Crippen molar-refractivity contribution in [2.45, 2.75) is 12.8 Å². The molecule has 7 nitrogen and oxygen atoms in total. The number of nitrogens with one attached hydrogen (secondary N) is 1. The fraction of sp³-hybridized carbons (Fsp3) is 0.200. The highest BCUT2D eigenvalue weighted by atomic mass is 16.2. The van der Waals surface area contributed by atoms with E-state index in [9.17, 15) is 14.4 Å². The maximum absolute atomic E-state index is 11.9. The lowest BCUT2D eigenvalue weighted by molar-refractivity contribution is -0.116. The lowest BCUT2D eigenvalue weighted by Crippen LogP contribution is -2.20. The van der Waals surface area contributed by atoms with E-state index in [1.165, 1.54) is 10.7 Å². The number of hydrogen-bond donors (Lipinski definition) is 2. The molecule has 3 N–H and O–H groups in total. The second kappa shape index (κ2) is 6.66. The number of carbonyl (C=O) groups is 2. The summed E-state index contributed by atoms with van der Waals surface area (Å²) < 4.78 is 1.23. The number of carbonyl (C=O) groups excluding carboxylic acids is 2. The maximum atomic E-state index is 11.9. The number of aryl methyl sites for hydroxylation is 2. The Balaban J connectivity index is 1.91. The van der Waals surface area contributed by atoms with E-state index in [-0.39, 0.29) is 17.9 Å². The van der Waals surface area contributed by atoms with Crippen LogP contribution in [0.1, 0.15) is 22.5 Å². The normalized spacial score (nSPS) is 10.2. The van der Waals surface area contributed by atoms with Crippen molar-refractivity contribution < 1.29 is 9.59 Å². The summed E-state index contributed by atoms with van der Waals surface area (Å²) >= 11 is 0. The Kier molecular flexibility index (Phi) is 4.67. The Bertz CT molecular complexity index is 750. The SMILES string of the molecule is Cn1nc(CCC(=O)Nc2ccc(C(N)=O)cc2)ccc1=O. The van der Waals surface area contributed by atoms with Gasteiger partial charge < -0.3 is 11.1 Å². The van der Waals surface area contributed by atoms with Crippen LogP contribution in [0.5, 0.6) is 0 Å². The van der Waals surface area contributed by atoms with E-state index in [1.54, 1.807) is 37.4 Å². The third kappa shape index (κ3) is 4.02. The largest absolute Gasteiger partial charge is 0.366 e.